The Morgan fingerprint density at radius 1 is 1.32 bits per heavy atom. The molecule has 2 rings (SSSR count). The van der Waals surface area contributed by atoms with Gasteiger partial charge in [0, 0.05) is 6.54 Å². The molecule has 96 valence electrons. The SMILES string of the molecule is N#CC(C(=O)NCCc1ccsc1)c1ccccc1. The molecular formula is C15H14N2OS. The zero-order chi connectivity index (χ0) is 13.5. The van der Waals surface area contributed by atoms with Crippen LogP contribution in [-0.4, -0.2) is 12.5 Å². The molecule has 1 aromatic heterocycles. The molecule has 19 heavy (non-hydrogen) atoms. The number of rotatable bonds is 5. The Morgan fingerprint density at radius 2 is 2.11 bits per heavy atom. The Morgan fingerprint density at radius 3 is 2.74 bits per heavy atom. The highest BCUT2D eigenvalue weighted by molar-refractivity contribution is 7.07. The topological polar surface area (TPSA) is 52.9 Å². The van der Waals surface area contributed by atoms with Gasteiger partial charge >= 0.3 is 0 Å². The summed E-state index contributed by atoms with van der Waals surface area (Å²) in [5.74, 6) is -0.965. The molecule has 4 heteroatoms. The minimum atomic E-state index is -0.733. The number of thiophene rings is 1. The first-order valence-electron chi connectivity index (χ1n) is 6.04. The molecule has 0 fully saturated rings. The normalized spacial score (nSPS) is 11.5. The number of nitrogens with one attached hydrogen (secondary N) is 1. The van der Waals surface area contributed by atoms with Gasteiger partial charge in [0.1, 0.15) is 5.92 Å². The lowest BCUT2D eigenvalue weighted by Crippen LogP contribution is -2.30. The first kappa shape index (κ1) is 13.3. The van der Waals surface area contributed by atoms with E-state index < -0.39 is 5.92 Å². The van der Waals surface area contributed by atoms with E-state index in [1.165, 1.54) is 5.56 Å². The third-order valence-corrected chi connectivity index (χ3v) is 3.55. The maximum atomic E-state index is 12.0. The molecule has 0 aliphatic rings. The average molecular weight is 270 g/mol. The van der Waals surface area contributed by atoms with Crippen molar-refractivity contribution in [2.45, 2.75) is 12.3 Å². The van der Waals surface area contributed by atoms with Gasteiger partial charge in [-0.15, -0.1) is 0 Å². The lowest BCUT2D eigenvalue weighted by molar-refractivity contribution is -0.121. The number of nitriles is 1. The highest BCUT2D eigenvalue weighted by Crippen LogP contribution is 2.14. The minimum Gasteiger partial charge on any atom is -0.354 e. The standard InChI is InChI=1S/C15H14N2OS/c16-10-14(13-4-2-1-3-5-13)15(18)17-8-6-12-7-9-19-11-12/h1-5,7,9,11,14H,6,8H2,(H,17,18). The van der Waals surface area contributed by atoms with Crippen LogP contribution in [0, 0.1) is 11.3 Å². The summed E-state index contributed by atoms with van der Waals surface area (Å²) in [4.78, 5) is 12.0. The summed E-state index contributed by atoms with van der Waals surface area (Å²) in [6.07, 6.45) is 0.794. The fourth-order valence-electron chi connectivity index (χ4n) is 1.80. The minimum absolute atomic E-state index is 0.232. The third-order valence-electron chi connectivity index (χ3n) is 2.82. The van der Waals surface area contributed by atoms with Crippen molar-refractivity contribution in [1.82, 2.24) is 5.32 Å². The van der Waals surface area contributed by atoms with Gasteiger partial charge in [-0.25, -0.2) is 0 Å². The van der Waals surface area contributed by atoms with Crippen molar-refractivity contribution in [2.24, 2.45) is 0 Å². The van der Waals surface area contributed by atoms with E-state index >= 15 is 0 Å². The van der Waals surface area contributed by atoms with Crippen LogP contribution >= 0.6 is 11.3 Å². The number of benzene rings is 1. The Bertz CT molecular complexity index is 558. The number of hydrogen-bond donors (Lipinski definition) is 1. The maximum Gasteiger partial charge on any atom is 0.241 e. The monoisotopic (exact) mass is 270 g/mol. The largest absolute Gasteiger partial charge is 0.354 e. The Hall–Kier alpha value is -2.12. The fraction of sp³-hybridized carbons (Fsp3) is 0.200. The number of hydrogen-bond acceptors (Lipinski definition) is 3. The van der Waals surface area contributed by atoms with Gasteiger partial charge in [0.25, 0.3) is 0 Å². The second kappa shape index (κ2) is 6.72. The number of nitrogens with zero attached hydrogens (tertiary/aromatic N) is 1. The van der Waals surface area contributed by atoms with Gasteiger partial charge < -0.3 is 5.32 Å². The van der Waals surface area contributed by atoms with E-state index in [1.54, 1.807) is 23.5 Å². The Labute approximate surface area is 116 Å². The first-order chi connectivity index (χ1) is 9.31. The molecule has 1 unspecified atom stereocenters. The van der Waals surface area contributed by atoms with Crippen molar-refractivity contribution in [3.05, 3.63) is 58.3 Å². The van der Waals surface area contributed by atoms with E-state index in [2.05, 4.69) is 16.8 Å². The van der Waals surface area contributed by atoms with Crippen LogP contribution in [0.15, 0.2) is 47.2 Å². The highest BCUT2D eigenvalue weighted by Gasteiger charge is 2.19. The van der Waals surface area contributed by atoms with Crippen LogP contribution in [0.25, 0.3) is 0 Å². The molecule has 0 saturated carbocycles. The molecular weight excluding hydrogens is 256 g/mol. The van der Waals surface area contributed by atoms with E-state index in [4.69, 9.17) is 5.26 Å². The second-order valence-corrected chi connectivity index (χ2v) is 4.93. The number of carbonyl (C=O) groups excluding carboxylic acids is 1. The van der Waals surface area contributed by atoms with Crippen LogP contribution in [0.3, 0.4) is 0 Å². The van der Waals surface area contributed by atoms with Gasteiger partial charge in [0.15, 0.2) is 0 Å². The van der Waals surface area contributed by atoms with Crippen molar-refractivity contribution in [1.29, 1.82) is 5.26 Å². The van der Waals surface area contributed by atoms with Crippen molar-refractivity contribution in [3.63, 3.8) is 0 Å². The Kier molecular flexibility index (Phi) is 4.71. The number of carbonyl (C=O) groups is 1. The zero-order valence-electron chi connectivity index (χ0n) is 10.4. The number of amides is 1. The quantitative estimate of drug-likeness (QED) is 0.908. The highest BCUT2D eigenvalue weighted by atomic mass is 32.1. The predicted molar refractivity (Wildman–Crippen MR) is 75.8 cm³/mol. The van der Waals surface area contributed by atoms with E-state index in [0.717, 1.165) is 12.0 Å². The average Bonchev–Trinajstić information content (AvgIpc) is 2.94. The van der Waals surface area contributed by atoms with Crippen LogP contribution in [-0.2, 0) is 11.2 Å². The summed E-state index contributed by atoms with van der Waals surface area (Å²) in [7, 11) is 0. The summed E-state index contributed by atoms with van der Waals surface area (Å²) in [5, 5.41) is 16.0. The van der Waals surface area contributed by atoms with Crippen LogP contribution < -0.4 is 5.32 Å². The molecule has 2 aromatic rings. The summed E-state index contributed by atoms with van der Waals surface area (Å²) in [5.41, 5.74) is 1.94. The van der Waals surface area contributed by atoms with Gasteiger partial charge in [-0.3, -0.25) is 4.79 Å². The van der Waals surface area contributed by atoms with Crippen molar-refractivity contribution < 1.29 is 4.79 Å². The summed E-state index contributed by atoms with van der Waals surface area (Å²) in [6, 6.07) is 13.2. The van der Waals surface area contributed by atoms with E-state index in [1.807, 2.05) is 29.6 Å². The van der Waals surface area contributed by atoms with Gasteiger partial charge in [0.2, 0.25) is 5.91 Å². The van der Waals surface area contributed by atoms with Crippen LogP contribution in [0.1, 0.15) is 17.0 Å². The molecule has 1 heterocycles. The van der Waals surface area contributed by atoms with Crippen LogP contribution in [0.4, 0.5) is 0 Å². The summed E-state index contributed by atoms with van der Waals surface area (Å²) >= 11 is 1.64. The molecule has 3 nitrogen and oxygen atoms in total. The van der Waals surface area contributed by atoms with Crippen molar-refractivity contribution >= 4 is 17.2 Å². The zero-order valence-corrected chi connectivity index (χ0v) is 11.2. The van der Waals surface area contributed by atoms with Gasteiger partial charge in [-0.1, -0.05) is 30.3 Å². The van der Waals surface area contributed by atoms with Crippen molar-refractivity contribution in [2.75, 3.05) is 6.54 Å². The fourth-order valence-corrected chi connectivity index (χ4v) is 2.50. The molecule has 0 radical (unpaired) electrons. The van der Waals surface area contributed by atoms with Gasteiger partial charge in [-0.05, 0) is 34.4 Å². The van der Waals surface area contributed by atoms with E-state index in [0.29, 0.717) is 6.54 Å². The molecule has 0 aliphatic heterocycles. The van der Waals surface area contributed by atoms with E-state index in [9.17, 15) is 4.79 Å². The van der Waals surface area contributed by atoms with Crippen LogP contribution in [0.2, 0.25) is 0 Å². The lowest BCUT2D eigenvalue weighted by atomic mass is 10.00. The maximum absolute atomic E-state index is 12.0. The molecule has 0 spiro atoms. The summed E-state index contributed by atoms with van der Waals surface area (Å²) < 4.78 is 0. The smallest absolute Gasteiger partial charge is 0.241 e. The lowest BCUT2D eigenvalue weighted by Gasteiger charge is -2.10. The molecule has 1 amide bonds. The van der Waals surface area contributed by atoms with Gasteiger partial charge in [0.05, 0.1) is 6.07 Å². The van der Waals surface area contributed by atoms with Crippen LogP contribution in [0.5, 0.6) is 0 Å². The predicted octanol–water partition coefficient (Wildman–Crippen LogP) is 2.71. The van der Waals surface area contributed by atoms with E-state index in [-0.39, 0.29) is 5.91 Å². The molecule has 1 atom stereocenters. The molecule has 1 N–H and O–H groups in total. The first-order valence-corrected chi connectivity index (χ1v) is 6.99. The third kappa shape index (κ3) is 3.67. The molecule has 1 aromatic carbocycles. The molecule has 0 saturated heterocycles. The summed E-state index contributed by atoms with van der Waals surface area (Å²) in [6.45, 7) is 0.556. The Balaban J connectivity index is 1.89. The second-order valence-electron chi connectivity index (χ2n) is 4.15. The molecule has 0 bridgehead atoms. The molecule has 0 aliphatic carbocycles. The van der Waals surface area contributed by atoms with Crippen molar-refractivity contribution in [3.8, 4) is 6.07 Å². The van der Waals surface area contributed by atoms with Gasteiger partial charge in [-0.2, -0.15) is 16.6 Å².